The second-order valence-electron chi connectivity index (χ2n) is 2.90. The first-order valence-corrected chi connectivity index (χ1v) is 4.46. The standard InChI is InChI=1S/C7H10ClN3O/c8-7-11-10-6(12-7)5-3-1-2-4-9-5/h5,9H,1-4H2. The van der Waals surface area contributed by atoms with Crippen LogP contribution in [0.5, 0.6) is 0 Å². The Balaban J connectivity index is 2.08. The van der Waals surface area contributed by atoms with Crippen LogP contribution in [0.2, 0.25) is 5.35 Å². The molecule has 1 aliphatic heterocycles. The number of hydrogen-bond donors (Lipinski definition) is 1. The Morgan fingerprint density at radius 2 is 2.33 bits per heavy atom. The predicted octanol–water partition coefficient (Wildman–Crippen LogP) is 1.54. The summed E-state index contributed by atoms with van der Waals surface area (Å²) in [6, 6.07) is 0.207. The molecule has 0 amide bonds. The van der Waals surface area contributed by atoms with Crippen LogP contribution in [0.25, 0.3) is 0 Å². The highest BCUT2D eigenvalue weighted by molar-refractivity contribution is 6.27. The lowest BCUT2D eigenvalue weighted by Gasteiger charge is -2.19. The highest BCUT2D eigenvalue weighted by atomic mass is 35.5. The number of hydrogen-bond acceptors (Lipinski definition) is 4. The second kappa shape index (κ2) is 3.41. The molecule has 1 aromatic heterocycles. The Morgan fingerprint density at radius 3 is 2.92 bits per heavy atom. The molecule has 0 radical (unpaired) electrons. The lowest BCUT2D eigenvalue weighted by atomic mass is 10.1. The molecule has 1 saturated heterocycles. The number of nitrogens with zero attached hydrogens (tertiary/aromatic N) is 2. The Kier molecular flexibility index (Phi) is 2.28. The van der Waals surface area contributed by atoms with E-state index in [-0.39, 0.29) is 11.4 Å². The van der Waals surface area contributed by atoms with Crippen molar-refractivity contribution >= 4 is 11.6 Å². The zero-order valence-electron chi connectivity index (χ0n) is 6.59. The highest BCUT2D eigenvalue weighted by Gasteiger charge is 2.19. The summed E-state index contributed by atoms with van der Waals surface area (Å²) >= 11 is 5.51. The fourth-order valence-electron chi connectivity index (χ4n) is 1.42. The quantitative estimate of drug-likeness (QED) is 0.725. The zero-order valence-corrected chi connectivity index (χ0v) is 7.34. The highest BCUT2D eigenvalue weighted by Crippen LogP contribution is 2.22. The molecule has 2 heterocycles. The van der Waals surface area contributed by atoms with E-state index < -0.39 is 0 Å². The van der Waals surface area contributed by atoms with Crippen LogP contribution in [0.4, 0.5) is 0 Å². The molecule has 0 aliphatic carbocycles. The topological polar surface area (TPSA) is 51.0 Å². The van der Waals surface area contributed by atoms with Crippen molar-refractivity contribution in [3.63, 3.8) is 0 Å². The Bertz CT molecular complexity index is 257. The van der Waals surface area contributed by atoms with Gasteiger partial charge in [0.2, 0.25) is 5.89 Å². The SMILES string of the molecule is Clc1nnc(C2CCCCN2)o1. The van der Waals surface area contributed by atoms with Gasteiger partial charge in [-0.2, -0.15) is 0 Å². The van der Waals surface area contributed by atoms with E-state index >= 15 is 0 Å². The van der Waals surface area contributed by atoms with E-state index in [4.69, 9.17) is 16.0 Å². The van der Waals surface area contributed by atoms with Gasteiger partial charge < -0.3 is 9.73 Å². The van der Waals surface area contributed by atoms with Crippen LogP contribution in [0, 0.1) is 0 Å². The lowest BCUT2D eigenvalue weighted by molar-refractivity contribution is 0.339. The van der Waals surface area contributed by atoms with Crippen LogP contribution in [0.3, 0.4) is 0 Å². The second-order valence-corrected chi connectivity index (χ2v) is 3.22. The third-order valence-corrected chi connectivity index (χ3v) is 2.18. The van der Waals surface area contributed by atoms with Crippen LogP contribution in [-0.2, 0) is 0 Å². The molecular weight excluding hydrogens is 178 g/mol. The largest absolute Gasteiger partial charge is 0.410 e. The van der Waals surface area contributed by atoms with E-state index in [0.29, 0.717) is 5.89 Å². The fourth-order valence-corrected chi connectivity index (χ4v) is 1.54. The van der Waals surface area contributed by atoms with Gasteiger partial charge in [0, 0.05) is 0 Å². The molecular formula is C7H10ClN3O. The molecule has 4 nitrogen and oxygen atoms in total. The summed E-state index contributed by atoms with van der Waals surface area (Å²) in [7, 11) is 0. The van der Waals surface area contributed by atoms with Crippen molar-refractivity contribution in [2.24, 2.45) is 0 Å². The van der Waals surface area contributed by atoms with Gasteiger partial charge >= 0.3 is 5.35 Å². The summed E-state index contributed by atoms with van der Waals surface area (Å²) in [5.74, 6) is 0.611. The van der Waals surface area contributed by atoms with Gasteiger partial charge in [0.25, 0.3) is 0 Å². The van der Waals surface area contributed by atoms with Crippen molar-refractivity contribution < 1.29 is 4.42 Å². The van der Waals surface area contributed by atoms with Gasteiger partial charge in [-0.3, -0.25) is 0 Å². The smallest absolute Gasteiger partial charge is 0.312 e. The third kappa shape index (κ3) is 1.59. The average molecular weight is 188 g/mol. The molecule has 1 aliphatic rings. The Morgan fingerprint density at radius 1 is 1.42 bits per heavy atom. The monoisotopic (exact) mass is 187 g/mol. The number of piperidine rings is 1. The van der Waals surface area contributed by atoms with E-state index in [2.05, 4.69) is 15.5 Å². The van der Waals surface area contributed by atoms with E-state index in [0.717, 1.165) is 13.0 Å². The van der Waals surface area contributed by atoms with Crippen molar-refractivity contribution in [2.45, 2.75) is 25.3 Å². The molecule has 1 unspecified atom stereocenters. The molecule has 1 atom stereocenters. The van der Waals surface area contributed by atoms with E-state index in [1.807, 2.05) is 0 Å². The minimum Gasteiger partial charge on any atom is -0.410 e. The first-order valence-electron chi connectivity index (χ1n) is 4.08. The van der Waals surface area contributed by atoms with E-state index in [9.17, 15) is 0 Å². The summed E-state index contributed by atoms with van der Waals surface area (Å²) in [5, 5.41) is 10.8. The van der Waals surface area contributed by atoms with Gasteiger partial charge in [-0.05, 0) is 31.0 Å². The lowest BCUT2D eigenvalue weighted by Crippen LogP contribution is -2.26. The maximum Gasteiger partial charge on any atom is 0.312 e. The van der Waals surface area contributed by atoms with Gasteiger partial charge in [-0.25, -0.2) is 0 Å². The molecule has 0 bridgehead atoms. The van der Waals surface area contributed by atoms with Crippen LogP contribution < -0.4 is 5.32 Å². The summed E-state index contributed by atoms with van der Waals surface area (Å²) in [4.78, 5) is 0. The Hall–Kier alpha value is -0.610. The molecule has 12 heavy (non-hydrogen) atoms. The predicted molar refractivity (Wildman–Crippen MR) is 43.9 cm³/mol. The van der Waals surface area contributed by atoms with Gasteiger partial charge in [0.05, 0.1) is 6.04 Å². The minimum absolute atomic E-state index is 0.123. The van der Waals surface area contributed by atoms with Crippen LogP contribution in [-0.4, -0.2) is 16.7 Å². The molecule has 5 heteroatoms. The molecule has 0 saturated carbocycles. The van der Waals surface area contributed by atoms with Crippen molar-refractivity contribution in [2.75, 3.05) is 6.54 Å². The third-order valence-electron chi connectivity index (χ3n) is 2.02. The number of rotatable bonds is 1. The maximum atomic E-state index is 5.51. The van der Waals surface area contributed by atoms with Crippen molar-refractivity contribution in [3.05, 3.63) is 11.2 Å². The summed E-state index contributed by atoms with van der Waals surface area (Å²) in [6.45, 7) is 1.02. The Labute approximate surface area is 75.3 Å². The fraction of sp³-hybridized carbons (Fsp3) is 0.714. The van der Waals surface area contributed by atoms with Crippen LogP contribution >= 0.6 is 11.6 Å². The maximum absolute atomic E-state index is 5.51. The molecule has 1 aromatic rings. The van der Waals surface area contributed by atoms with Gasteiger partial charge in [-0.15, -0.1) is 5.10 Å². The molecule has 1 N–H and O–H groups in total. The molecule has 0 aromatic carbocycles. The van der Waals surface area contributed by atoms with Gasteiger partial charge in [-0.1, -0.05) is 11.5 Å². The minimum atomic E-state index is 0.123. The van der Waals surface area contributed by atoms with Gasteiger partial charge in [0.15, 0.2) is 0 Å². The average Bonchev–Trinajstić information content (AvgIpc) is 2.54. The summed E-state index contributed by atoms with van der Waals surface area (Å²) < 4.78 is 5.10. The molecule has 0 spiro atoms. The van der Waals surface area contributed by atoms with Crippen molar-refractivity contribution in [1.82, 2.24) is 15.5 Å². The van der Waals surface area contributed by atoms with E-state index in [1.54, 1.807) is 0 Å². The summed E-state index contributed by atoms with van der Waals surface area (Å²) in [6.07, 6.45) is 3.48. The van der Waals surface area contributed by atoms with E-state index in [1.165, 1.54) is 12.8 Å². The first kappa shape index (κ1) is 8.01. The van der Waals surface area contributed by atoms with Crippen molar-refractivity contribution in [1.29, 1.82) is 0 Å². The van der Waals surface area contributed by atoms with Crippen LogP contribution in [0.15, 0.2) is 4.42 Å². The van der Waals surface area contributed by atoms with Crippen LogP contribution in [0.1, 0.15) is 31.2 Å². The number of nitrogens with one attached hydrogen (secondary N) is 1. The first-order chi connectivity index (χ1) is 5.86. The molecule has 1 fully saturated rings. The molecule has 2 rings (SSSR count). The normalized spacial score (nSPS) is 24.2. The number of aromatic nitrogens is 2. The number of halogens is 1. The molecule has 66 valence electrons. The van der Waals surface area contributed by atoms with Crippen molar-refractivity contribution in [3.8, 4) is 0 Å². The van der Waals surface area contributed by atoms with Gasteiger partial charge in [0.1, 0.15) is 0 Å². The zero-order chi connectivity index (χ0) is 8.39. The summed E-state index contributed by atoms with van der Waals surface area (Å²) in [5.41, 5.74) is 0.